The first-order valence-corrected chi connectivity index (χ1v) is 6.36. The third kappa shape index (κ3) is 1.53. The van der Waals surface area contributed by atoms with Crippen molar-refractivity contribution in [3.8, 4) is 6.07 Å². The number of rotatable bonds is 1. The molecule has 1 nitrogen and oxygen atoms in total. The van der Waals surface area contributed by atoms with Gasteiger partial charge in [-0.15, -0.1) is 0 Å². The third-order valence-electron chi connectivity index (χ3n) is 4.20. The highest BCUT2D eigenvalue weighted by Gasteiger charge is 2.30. The molecule has 0 aliphatic heterocycles. The highest BCUT2D eigenvalue weighted by atomic mass is 14.4. The maximum Gasteiger partial charge on any atom is 0.0624 e. The molecule has 2 atom stereocenters. The zero-order valence-corrected chi connectivity index (χ0v) is 9.58. The first-order chi connectivity index (χ1) is 7.88. The highest BCUT2D eigenvalue weighted by molar-refractivity contribution is 5.41. The minimum atomic E-state index is 0.607. The van der Waals surface area contributed by atoms with Gasteiger partial charge in [0, 0.05) is 6.42 Å². The molecule has 1 aromatic carbocycles. The SMILES string of the molecule is N#CC[C@@H]1Cc2cccc3c2[C@@H](CCC3)C1. The fourth-order valence-electron chi connectivity index (χ4n) is 3.59. The lowest BCUT2D eigenvalue weighted by atomic mass is 9.69. The zero-order chi connectivity index (χ0) is 11.0. The summed E-state index contributed by atoms with van der Waals surface area (Å²) in [7, 11) is 0. The van der Waals surface area contributed by atoms with E-state index < -0.39 is 0 Å². The minimum absolute atomic E-state index is 0.607. The molecule has 0 unspecified atom stereocenters. The molecule has 82 valence electrons. The lowest BCUT2D eigenvalue weighted by Crippen LogP contribution is -2.22. The Morgan fingerprint density at radius 1 is 1.31 bits per heavy atom. The molecular formula is C15H17N. The highest BCUT2D eigenvalue weighted by Crippen LogP contribution is 2.43. The van der Waals surface area contributed by atoms with Crippen molar-refractivity contribution in [2.75, 3.05) is 0 Å². The molecule has 16 heavy (non-hydrogen) atoms. The summed E-state index contributed by atoms with van der Waals surface area (Å²) < 4.78 is 0. The molecule has 2 aliphatic rings. The molecule has 0 aromatic heterocycles. The van der Waals surface area contributed by atoms with Crippen molar-refractivity contribution >= 4 is 0 Å². The van der Waals surface area contributed by atoms with E-state index in [0.717, 1.165) is 18.8 Å². The number of hydrogen-bond acceptors (Lipinski definition) is 1. The minimum Gasteiger partial charge on any atom is -0.198 e. The summed E-state index contributed by atoms with van der Waals surface area (Å²) in [4.78, 5) is 0. The molecule has 0 amide bonds. The molecule has 0 fully saturated rings. The van der Waals surface area contributed by atoms with E-state index in [9.17, 15) is 0 Å². The van der Waals surface area contributed by atoms with E-state index in [1.807, 2.05) is 0 Å². The lowest BCUT2D eigenvalue weighted by Gasteiger charge is -2.35. The Morgan fingerprint density at radius 2 is 2.19 bits per heavy atom. The van der Waals surface area contributed by atoms with Crippen molar-refractivity contribution in [1.29, 1.82) is 5.26 Å². The normalized spacial score (nSPS) is 26.9. The number of benzene rings is 1. The predicted octanol–water partition coefficient (Wildman–Crippen LogP) is 3.58. The van der Waals surface area contributed by atoms with Gasteiger partial charge < -0.3 is 0 Å². The van der Waals surface area contributed by atoms with Crippen molar-refractivity contribution in [2.24, 2.45) is 5.92 Å². The van der Waals surface area contributed by atoms with Crippen LogP contribution in [0.2, 0.25) is 0 Å². The standard InChI is InChI=1S/C15H17N/c16-8-7-11-9-13-5-1-3-12-4-2-6-14(10-11)15(12)13/h1,3,5,11,14H,2,4,6-7,9-10H2/t11-,14+/m1/s1. The van der Waals surface area contributed by atoms with Crippen LogP contribution in [-0.2, 0) is 12.8 Å². The quantitative estimate of drug-likeness (QED) is 0.696. The zero-order valence-electron chi connectivity index (χ0n) is 9.58. The van der Waals surface area contributed by atoms with E-state index >= 15 is 0 Å². The van der Waals surface area contributed by atoms with Gasteiger partial charge in [0.05, 0.1) is 6.07 Å². The van der Waals surface area contributed by atoms with E-state index in [-0.39, 0.29) is 0 Å². The number of aryl methyl sites for hydroxylation is 1. The summed E-state index contributed by atoms with van der Waals surface area (Å²) in [5, 5.41) is 8.84. The van der Waals surface area contributed by atoms with Gasteiger partial charge in [-0.25, -0.2) is 0 Å². The van der Waals surface area contributed by atoms with Crippen LogP contribution in [0.25, 0.3) is 0 Å². The largest absolute Gasteiger partial charge is 0.198 e. The Hall–Kier alpha value is -1.29. The first kappa shape index (κ1) is 9.90. The van der Waals surface area contributed by atoms with E-state index in [2.05, 4.69) is 24.3 Å². The molecule has 2 aliphatic carbocycles. The van der Waals surface area contributed by atoms with Crippen molar-refractivity contribution in [3.63, 3.8) is 0 Å². The molecule has 1 aromatic rings. The van der Waals surface area contributed by atoms with Crippen LogP contribution in [0, 0.1) is 17.2 Å². The predicted molar refractivity (Wildman–Crippen MR) is 64.2 cm³/mol. The van der Waals surface area contributed by atoms with Gasteiger partial charge in [0.1, 0.15) is 0 Å². The second kappa shape index (κ2) is 3.94. The van der Waals surface area contributed by atoms with Gasteiger partial charge in [-0.2, -0.15) is 5.26 Å². The molecular weight excluding hydrogens is 194 g/mol. The number of nitriles is 1. The average Bonchev–Trinajstić information content (AvgIpc) is 2.30. The third-order valence-corrected chi connectivity index (χ3v) is 4.20. The van der Waals surface area contributed by atoms with Crippen LogP contribution in [0.15, 0.2) is 18.2 Å². The second-order valence-corrected chi connectivity index (χ2v) is 5.25. The molecule has 0 N–H and O–H groups in total. The topological polar surface area (TPSA) is 23.8 Å². The van der Waals surface area contributed by atoms with Crippen molar-refractivity contribution < 1.29 is 0 Å². The van der Waals surface area contributed by atoms with E-state index in [4.69, 9.17) is 5.26 Å². The van der Waals surface area contributed by atoms with Crippen LogP contribution in [-0.4, -0.2) is 0 Å². The molecule has 0 saturated heterocycles. The van der Waals surface area contributed by atoms with Crippen LogP contribution in [0.5, 0.6) is 0 Å². The van der Waals surface area contributed by atoms with Gasteiger partial charge in [0.25, 0.3) is 0 Å². The molecule has 0 radical (unpaired) electrons. The lowest BCUT2D eigenvalue weighted by molar-refractivity contribution is 0.375. The van der Waals surface area contributed by atoms with Gasteiger partial charge in [-0.3, -0.25) is 0 Å². The maximum atomic E-state index is 8.84. The van der Waals surface area contributed by atoms with Gasteiger partial charge in [-0.1, -0.05) is 18.2 Å². The van der Waals surface area contributed by atoms with Crippen molar-refractivity contribution in [1.82, 2.24) is 0 Å². The van der Waals surface area contributed by atoms with Crippen LogP contribution in [0.3, 0.4) is 0 Å². The monoisotopic (exact) mass is 211 g/mol. The molecule has 3 rings (SSSR count). The first-order valence-electron chi connectivity index (χ1n) is 6.36. The molecule has 0 saturated carbocycles. The number of nitrogens with zero attached hydrogens (tertiary/aromatic N) is 1. The molecule has 1 heteroatoms. The fourth-order valence-corrected chi connectivity index (χ4v) is 3.59. The van der Waals surface area contributed by atoms with Gasteiger partial charge in [0.15, 0.2) is 0 Å². The molecule has 0 heterocycles. The van der Waals surface area contributed by atoms with E-state index in [1.54, 1.807) is 11.1 Å². The fraction of sp³-hybridized carbons (Fsp3) is 0.533. The Balaban J connectivity index is 2.00. The summed E-state index contributed by atoms with van der Waals surface area (Å²) in [6, 6.07) is 9.12. The maximum absolute atomic E-state index is 8.84. The smallest absolute Gasteiger partial charge is 0.0624 e. The summed E-state index contributed by atoms with van der Waals surface area (Å²) >= 11 is 0. The Bertz CT molecular complexity index is 441. The van der Waals surface area contributed by atoms with E-state index in [1.165, 1.54) is 31.2 Å². The van der Waals surface area contributed by atoms with Crippen molar-refractivity contribution in [2.45, 2.75) is 44.4 Å². The summed E-state index contributed by atoms with van der Waals surface area (Å²) in [6.07, 6.45) is 7.06. The second-order valence-electron chi connectivity index (χ2n) is 5.25. The van der Waals surface area contributed by atoms with Crippen LogP contribution >= 0.6 is 0 Å². The Labute approximate surface area is 97.1 Å². The van der Waals surface area contributed by atoms with Gasteiger partial charge in [0.2, 0.25) is 0 Å². The van der Waals surface area contributed by atoms with Gasteiger partial charge in [-0.05, 0) is 60.6 Å². The number of hydrogen-bond donors (Lipinski definition) is 0. The van der Waals surface area contributed by atoms with E-state index in [0.29, 0.717) is 5.92 Å². The van der Waals surface area contributed by atoms with Gasteiger partial charge >= 0.3 is 0 Å². The van der Waals surface area contributed by atoms with Crippen molar-refractivity contribution in [3.05, 3.63) is 34.9 Å². The molecule has 0 bridgehead atoms. The Morgan fingerprint density at radius 3 is 3.06 bits per heavy atom. The summed E-state index contributed by atoms with van der Waals surface area (Å²) in [6.45, 7) is 0. The Kier molecular flexibility index (Phi) is 2.44. The molecule has 0 spiro atoms. The van der Waals surface area contributed by atoms with Crippen LogP contribution < -0.4 is 0 Å². The summed E-state index contributed by atoms with van der Waals surface area (Å²) in [5.74, 6) is 1.36. The van der Waals surface area contributed by atoms with Crippen LogP contribution in [0.4, 0.5) is 0 Å². The van der Waals surface area contributed by atoms with Crippen LogP contribution in [0.1, 0.15) is 48.3 Å². The summed E-state index contributed by atoms with van der Waals surface area (Å²) in [5.41, 5.74) is 4.78. The average molecular weight is 211 g/mol.